The van der Waals surface area contributed by atoms with Crippen molar-refractivity contribution < 1.29 is 154 Å². The number of carbonyl (C=O) groups is 5. The van der Waals surface area contributed by atoms with E-state index in [1.54, 1.807) is 61.8 Å². The molecule has 7 aromatic carbocycles. The Balaban J connectivity index is 0.000000251. The number of carboxylic acids is 1. The molecule has 5 aromatic heterocycles. The third-order valence-corrected chi connectivity index (χ3v) is 19.4. The van der Waals surface area contributed by atoms with Crippen LogP contribution in [-0.4, -0.2) is 139 Å². The van der Waals surface area contributed by atoms with Crippen molar-refractivity contribution in [2.24, 2.45) is 0 Å². The number of pyridine rings is 5. The van der Waals surface area contributed by atoms with Crippen LogP contribution in [0.3, 0.4) is 0 Å². The molecular formula is C92H81BBrF15N7NaO12. The van der Waals surface area contributed by atoms with Crippen molar-refractivity contribution in [1.29, 1.82) is 0 Å². The predicted octanol–water partition coefficient (Wildman–Crippen LogP) is 16.8. The Hall–Kier alpha value is -11.9. The molecule has 0 spiro atoms. The van der Waals surface area contributed by atoms with E-state index in [1.165, 1.54) is 83.8 Å². The van der Waals surface area contributed by atoms with Crippen LogP contribution in [-0.2, 0) is 84.0 Å². The summed E-state index contributed by atoms with van der Waals surface area (Å²) in [6.45, 7) is 6.57. The van der Waals surface area contributed by atoms with Crippen LogP contribution in [0.5, 0.6) is 11.5 Å². The third kappa shape index (κ3) is 33.9. The second-order valence-corrected chi connectivity index (χ2v) is 28.6. The maximum atomic E-state index is 12.8. The Labute approximate surface area is 761 Å². The first-order chi connectivity index (χ1) is 59.8. The summed E-state index contributed by atoms with van der Waals surface area (Å²) < 4.78 is 203. The summed E-state index contributed by atoms with van der Waals surface area (Å²) in [5, 5.41) is 26.0. The molecule has 12 aromatic rings. The molecule has 0 amide bonds. The average molecular weight is 1880 g/mol. The SMILES string of the molecule is C.CCOC(=O)COc1ccc2c(c1)CCN(Cc1ccc(-c3ccc(C(F)(F)F)cc3)nc1)CC2.O=C(O)COc1ccc2c(c1)CCN(Cc1ccc(-c3ccc(C(F)(F)F)cc3)nc1)CC2.O=Cc1ccc(-c2ccc(C(F)(F)F)cc2)nc1.O=Cc1ccc(-c2ccc(C(F)(F)F)cc2)nc1.O=Cc1ccc(Br)nc1.OB(O)c1ccc(C(F)(F)F)cc1.[Na+].[OH-]. The first-order valence-electron chi connectivity index (χ1n) is 38.2. The molecule has 2 aliphatic rings. The van der Waals surface area contributed by atoms with Crippen LogP contribution in [0.4, 0.5) is 65.9 Å². The molecule has 19 nitrogen and oxygen atoms in total. The number of aldehydes is 3. The number of aromatic nitrogens is 5. The minimum absolute atomic E-state index is 0. The van der Waals surface area contributed by atoms with Gasteiger partial charge >= 0.3 is 79.5 Å². The van der Waals surface area contributed by atoms with E-state index in [2.05, 4.69) is 56.7 Å². The number of nitrogens with zero attached hydrogens (tertiary/aromatic N) is 7. The number of esters is 1. The monoisotopic (exact) mass is 1870 g/mol. The molecule has 0 bridgehead atoms. The molecule has 7 heterocycles. The fourth-order valence-corrected chi connectivity index (χ4v) is 12.5. The summed E-state index contributed by atoms with van der Waals surface area (Å²) in [6, 6.07) is 52.1. The second-order valence-electron chi connectivity index (χ2n) is 27.8. The molecule has 0 saturated heterocycles. The number of alkyl halides is 15. The maximum absolute atomic E-state index is 12.8. The molecule has 0 fully saturated rings. The quantitative estimate of drug-likeness (QED) is 0.0223. The summed E-state index contributed by atoms with van der Waals surface area (Å²) in [5.41, 5.74) is 9.62. The van der Waals surface area contributed by atoms with Crippen LogP contribution in [0.15, 0.2) is 254 Å². The topological polar surface area (TPSA) is 275 Å². The van der Waals surface area contributed by atoms with Gasteiger partial charge in [-0.1, -0.05) is 104 Å². The van der Waals surface area contributed by atoms with E-state index in [0.29, 0.717) is 92.4 Å². The van der Waals surface area contributed by atoms with Crippen LogP contribution in [0.25, 0.3) is 45.0 Å². The predicted molar refractivity (Wildman–Crippen MR) is 450 cm³/mol. The molecule has 0 aliphatic carbocycles. The minimum Gasteiger partial charge on any atom is -0.870 e. The zero-order valence-corrected chi connectivity index (χ0v) is 71.5. The summed E-state index contributed by atoms with van der Waals surface area (Å²) in [7, 11) is -1.73. The molecular weight excluding hydrogens is 1790 g/mol. The molecule has 129 heavy (non-hydrogen) atoms. The van der Waals surface area contributed by atoms with Gasteiger partial charge in [0.05, 0.1) is 57.2 Å². The number of carboxylic acid groups (broad SMARTS) is 1. The molecule has 0 unspecified atom stereocenters. The van der Waals surface area contributed by atoms with Crippen molar-refractivity contribution in [3.63, 3.8) is 0 Å². The standard InChI is InChI=1S/C27H27F3N2O3.C25H23F3N2O3.2C13H8F3NO.C7H6BF3O2.C6H4BrNO.CH4.Na.H2O/c1-2-34-26(33)18-35-24-9-6-20-11-13-32(14-12-22(20)15-24)17-19-3-10-25(31-16-19)21-4-7-23(8-5-21)27(28,29)30;26-25(27,28)21-5-2-19(3-6-21)23-8-1-17(14-29-23)15-30-11-9-18-4-7-22(33-16-24(31)32)13-20(18)10-12-30;2*14-13(15,16)11-4-2-10(3-5-11)12-6-1-9(8-18)7-17-12;9-7(10,11)5-1-3-6(4-2-5)8(12)13;7-6-2-1-5(4-9)3-8-6;;;/h3-10,15-16H,2,11-14,17-18H2,1H3;1-8,13-14H,9-12,15-16H2,(H,31,32);2*1-8H;1-4,12-13H;1-4H;1H4;;1H2/q;;;;;;;+1;/p-1. The number of carbonyl (C=O) groups excluding carboxylic acids is 4. The zero-order chi connectivity index (χ0) is 91.4. The molecule has 4 N–H and O–H groups in total. The number of benzene rings is 7. The van der Waals surface area contributed by atoms with Gasteiger partial charge in [0.2, 0.25) is 0 Å². The van der Waals surface area contributed by atoms with Crippen LogP contribution in [0.2, 0.25) is 0 Å². The Kier molecular flexibility index (Phi) is 40.7. The fraction of sp³-hybridized carbons (Fsp3) is 0.217. The van der Waals surface area contributed by atoms with Gasteiger partial charge < -0.3 is 34.8 Å². The van der Waals surface area contributed by atoms with Crippen LogP contribution < -0.4 is 44.5 Å². The number of rotatable bonds is 19. The number of aliphatic carboxylic acids is 1. The Morgan fingerprint density at radius 3 is 0.961 bits per heavy atom. The van der Waals surface area contributed by atoms with Gasteiger partial charge in [-0.25, -0.2) is 14.6 Å². The minimum atomic E-state index is -4.39. The third-order valence-electron chi connectivity index (χ3n) is 18.9. The van der Waals surface area contributed by atoms with E-state index < -0.39 is 71.8 Å². The van der Waals surface area contributed by atoms with E-state index >= 15 is 0 Å². The Morgan fingerprint density at radius 1 is 0.403 bits per heavy atom. The Bertz CT molecular complexity index is 5420. The first-order valence-corrected chi connectivity index (χ1v) is 39.0. The molecule has 0 atom stereocenters. The van der Waals surface area contributed by atoms with Gasteiger partial charge in [0.1, 0.15) is 16.1 Å². The van der Waals surface area contributed by atoms with Gasteiger partial charge in [-0.15, -0.1) is 0 Å². The van der Waals surface area contributed by atoms with E-state index in [4.69, 9.17) is 29.4 Å². The van der Waals surface area contributed by atoms with Gasteiger partial charge in [0, 0.05) is 109 Å². The van der Waals surface area contributed by atoms with Gasteiger partial charge in [0.15, 0.2) is 32.1 Å². The smallest absolute Gasteiger partial charge is 0.870 e. The summed E-state index contributed by atoms with van der Waals surface area (Å²) in [5.74, 6) is -0.165. The second kappa shape index (κ2) is 49.6. The van der Waals surface area contributed by atoms with E-state index in [-0.39, 0.29) is 67.1 Å². The first kappa shape index (κ1) is 106. The van der Waals surface area contributed by atoms with Gasteiger partial charge in [-0.05, 0) is 209 Å². The van der Waals surface area contributed by atoms with Crippen LogP contribution in [0.1, 0.15) is 107 Å². The Morgan fingerprint density at radius 2 is 0.698 bits per heavy atom. The largest absolute Gasteiger partial charge is 1.00 e. The van der Waals surface area contributed by atoms with E-state index in [1.807, 2.05) is 48.5 Å². The van der Waals surface area contributed by atoms with Gasteiger partial charge in [-0.2, -0.15) is 65.9 Å². The zero-order valence-electron chi connectivity index (χ0n) is 67.9. The van der Waals surface area contributed by atoms with E-state index in [9.17, 15) is 89.8 Å². The maximum Gasteiger partial charge on any atom is 1.00 e. The molecule has 14 rings (SSSR count). The van der Waals surface area contributed by atoms with Crippen molar-refractivity contribution in [1.82, 2.24) is 34.7 Å². The average Bonchev–Trinajstić information content (AvgIpc) is 1.82. The molecule has 37 heteroatoms. The van der Waals surface area contributed by atoms with Crippen LogP contribution >= 0.6 is 15.9 Å². The normalized spacial score (nSPS) is 12.5. The summed E-state index contributed by atoms with van der Waals surface area (Å²) in [6.07, 6.45) is -8.40. The summed E-state index contributed by atoms with van der Waals surface area (Å²) in [4.78, 5) is 78.6. The van der Waals surface area contributed by atoms with E-state index in [0.717, 1.165) is 165 Å². The number of fused-ring (bicyclic) bond motifs is 2. The molecule has 2 aliphatic heterocycles. The molecule has 0 saturated carbocycles. The van der Waals surface area contributed by atoms with Crippen molar-refractivity contribution >= 4 is 59.3 Å². The van der Waals surface area contributed by atoms with Gasteiger partial charge in [-0.3, -0.25) is 44.1 Å². The molecule has 0 radical (unpaired) electrons. The van der Waals surface area contributed by atoms with Crippen molar-refractivity contribution in [2.45, 2.75) is 84.0 Å². The summed E-state index contributed by atoms with van der Waals surface area (Å²) >= 11 is 3.15. The number of halogens is 16. The van der Waals surface area contributed by atoms with Crippen molar-refractivity contribution in [2.75, 3.05) is 46.0 Å². The van der Waals surface area contributed by atoms with Crippen molar-refractivity contribution in [3.05, 3.63) is 332 Å². The fourth-order valence-electron chi connectivity index (χ4n) is 12.3. The van der Waals surface area contributed by atoms with Gasteiger partial charge in [0.25, 0.3) is 0 Å². The number of ether oxygens (including phenoxy) is 3. The number of hydrogen-bond donors (Lipinski definition) is 3. The molecule has 672 valence electrons. The van der Waals surface area contributed by atoms with Crippen molar-refractivity contribution in [3.8, 4) is 56.5 Å². The van der Waals surface area contributed by atoms with Crippen LogP contribution in [0, 0.1) is 0 Å². The number of hydrogen-bond acceptors (Lipinski definition) is 18.